The predicted octanol–water partition coefficient (Wildman–Crippen LogP) is 2.21. The third kappa shape index (κ3) is 4.53. The molecule has 0 saturated carbocycles. The first kappa shape index (κ1) is 19.1. The van der Waals surface area contributed by atoms with Gasteiger partial charge in [-0.1, -0.05) is 6.07 Å². The lowest BCUT2D eigenvalue weighted by molar-refractivity contribution is 0.0751. The number of ether oxygens (including phenoxy) is 1. The molecule has 2 heterocycles. The van der Waals surface area contributed by atoms with Crippen LogP contribution in [0.15, 0.2) is 24.3 Å². The highest BCUT2D eigenvalue weighted by molar-refractivity contribution is 5.98. The first-order valence-corrected chi connectivity index (χ1v) is 8.79. The number of carbonyl (C=O) groups is 1. The molecule has 1 saturated heterocycles. The van der Waals surface area contributed by atoms with Gasteiger partial charge < -0.3 is 26.8 Å². The molecule has 1 aliphatic rings. The van der Waals surface area contributed by atoms with E-state index < -0.39 is 11.7 Å². The number of primary amides is 1. The van der Waals surface area contributed by atoms with Crippen molar-refractivity contribution in [1.29, 1.82) is 0 Å². The number of nitrogens with two attached hydrogens (primary N) is 2. The molecule has 1 aromatic carbocycles. The lowest BCUT2D eigenvalue weighted by atomic mass is 10.0. The van der Waals surface area contributed by atoms with Gasteiger partial charge in [0.05, 0.1) is 12.2 Å². The Morgan fingerprint density at radius 2 is 1.93 bits per heavy atom. The van der Waals surface area contributed by atoms with Gasteiger partial charge in [0.25, 0.3) is 5.91 Å². The Labute approximate surface area is 157 Å². The lowest BCUT2D eigenvalue weighted by Gasteiger charge is -2.30. The normalized spacial score (nSPS) is 19.6. The molecule has 1 aromatic heterocycles. The van der Waals surface area contributed by atoms with E-state index in [9.17, 15) is 9.18 Å². The van der Waals surface area contributed by atoms with Crippen LogP contribution in [0.25, 0.3) is 0 Å². The standard InChI is InChI=1S/C19H24FN5O2/c1-10-5-11(2)7-12(6-10)23-18-13(17(22)26)8-14(20)19(25-18)24-16-3-4-27-9-15(16)21/h5-8,15-16H,3-4,9,21H2,1-2H3,(H2,22,26)(H2,23,24,25)/t15-,16?/m0/s1. The summed E-state index contributed by atoms with van der Waals surface area (Å²) in [6, 6.07) is 6.49. The second-order valence-electron chi connectivity index (χ2n) is 6.86. The van der Waals surface area contributed by atoms with Crippen LogP contribution >= 0.6 is 0 Å². The van der Waals surface area contributed by atoms with Gasteiger partial charge in [-0.15, -0.1) is 0 Å². The fourth-order valence-corrected chi connectivity index (χ4v) is 3.17. The largest absolute Gasteiger partial charge is 0.380 e. The average molecular weight is 373 g/mol. The summed E-state index contributed by atoms with van der Waals surface area (Å²) in [5.41, 5.74) is 14.2. The van der Waals surface area contributed by atoms with E-state index >= 15 is 0 Å². The van der Waals surface area contributed by atoms with Crippen LogP contribution in [0.1, 0.15) is 27.9 Å². The molecule has 0 aliphatic carbocycles. The third-order valence-corrected chi connectivity index (χ3v) is 4.45. The van der Waals surface area contributed by atoms with Crippen molar-refractivity contribution in [2.75, 3.05) is 23.8 Å². The van der Waals surface area contributed by atoms with Crippen LogP contribution in [0, 0.1) is 19.7 Å². The quantitative estimate of drug-likeness (QED) is 0.639. The Morgan fingerprint density at radius 1 is 1.22 bits per heavy atom. The Balaban J connectivity index is 1.94. The zero-order chi connectivity index (χ0) is 19.6. The number of benzene rings is 1. The smallest absolute Gasteiger partial charge is 0.252 e. The molecule has 1 unspecified atom stereocenters. The van der Waals surface area contributed by atoms with E-state index in [1.54, 1.807) is 0 Å². The molecule has 0 radical (unpaired) electrons. The van der Waals surface area contributed by atoms with Crippen LogP contribution in [-0.4, -0.2) is 36.2 Å². The van der Waals surface area contributed by atoms with Gasteiger partial charge in [0.15, 0.2) is 11.6 Å². The topological polar surface area (TPSA) is 115 Å². The van der Waals surface area contributed by atoms with Crippen molar-refractivity contribution in [3.8, 4) is 0 Å². The molecule has 1 fully saturated rings. The van der Waals surface area contributed by atoms with Crippen molar-refractivity contribution < 1.29 is 13.9 Å². The highest BCUT2D eigenvalue weighted by Crippen LogP contribution is 2.26. The van der Waals surface area contributed by atoms with Crippen LogP contribution in [0.2, 0.25) is 0 Å². The molecule has 1 amide bonds. The third-order valence-electron chi connectivity index (χ3n) is 4.45. The number of carbonyl (C=O) groups excluding carboxylic acids is 1. The van der Waals surface area contributed by atoms with Crippen molar-refractivity contribution in [3.05, 3.63) is 46.8 Å². The van der Waals surface area contributed by atoms with E-state index in [1.807, 2.05) is 32.0 Å². The van der Waals surface area contributed by atoms with Gasteiger partial charge in [-0.3, -0.25) is 4.79 Å². The highest BCUT2D eigenvalue weighted by Gasteiger charge is 2.25. The minimum atomic E-state index is -0.761. The number of pyridine rings is 1. The van der Waals surface area contributed by atoms with Gasteiger partial charge >= 0.3 is 0 Å². The number of amides is 1. The molecule has 1 aliphatic heterocycles. The van der Waals surface area contributed by atoms with Crippen molar-refractivity contribution in [2.24, 2.45) is 11.5 Å². The Kier molecular flexibility index (Phi) is 5.57. The number of anilines is 3. The van der Waals surface area contributed by atoms with E-state index in [1.165, 1.54) is 0 Å². The molecule has 2 aromatic rings. The summed E-state index contributed by atoms with van der Waals surface area (Å²) < 4.78 is 19.8. The number of halogens is 1. The maximum absolute atomic E-state index is 14.5. The molecule has 144 valence electrons. The van der Waals surface area contributed by atoms with E-state index in [0.717, 1.165) is 22.9 Å². The zero-order valence-corrected chi connectivity index (χ0v) is 15.4. The van der Waals surface area contributed by atoms with Gasteiger partial charge in [0.2, 0.25) is 0 Å². The Bertz CT molecular complexity index is 838. The van der Waals surface area contributed by atoms with E-state index in [2.05, 4.69) is 15.6 Å². The molecule has 27 heavy (non-hydrogen) atoms. The molecule has 7 nitrogen and oxygen atoms in total. The van der Waals surface area contributed by atoms with E-state index in [4.69, 9.17) is 16.2 Å². The summed E-state index contributed by atoms with van der Waals surface area (Å²) in [5.74, 6) is -1.21. The molecule has 3 rings (SSSR count). The fourth-order valence-electron chi connectivity index (χ4n) is 3.17. The fraction of sp³-hybridized carbons (Fsp3) is 0.368. The summed E-state index contributed by atoms with van der Waals surface area (Å²) in [6.45, 7) is 4.86. The van der Waals surface area contributed by atoms with Gasteiger partial charge in [-0.25, -0.2) is 9.37 Å². The summed E-state index contributed by atoms with van der Waals surface area (Å²) in [4.78, 5) is 16.1. The van der Waals surface area contributed by atoms with Crippen molar-refractivity contribution in [2.45, 2.75) is 32.4 Å². The van der Waals surface area contributed by atoms with E-state index in [0.29, 0.717) is 19.6 Å². The number of nitrogens with zero attached hydrogens (tertiary/aromatic N) is 1. The van der Waals surface area contributed by atoms with Gasteiger partial charge in [-0.2, -0.15) is 0 Å². The van der Waals surface area contributed by atoms with E-state index in [-0.39, 0.29) is 29.3 Å². The summed E-state index contributed by atoms with van der Waals surface area (Å²) in [5, 5.41) is 6.11. The minimum absolute atomic E-state index is 0.0199. The number of hydrogen-bond donors (Lipinski definition) is 4. The number of hydrogen-bond acceptors (Lipinski definition) is 6. The monoisotopic (exact) mass is 373 g/mol. The van der Waals surface area contributed by atoms with Crippen LogP contribution in [-0.2, 0) is 4.74 Å². The first-order chi connectivity index (χ1) is 12.8. The minimum Gasteiger partial charge on any atom is -0.380 e. The lowest BCUT2D eigenvalue weighted by Crippen LogP contribution is -2.47. The maximum atomic E-state index is 14.5. The average Bonchev–Trinajstić information content (AvgIpc) is 2.58. The van der Waals surface area contributed by atoms with Crippen LogP contribution in [0.5, 0.6) is 0 Å². The first-order valence-electron chi connectivity index (χ1n) is 8.79. The van der Waals surface area contributed by atoms with Crippen molar-refractivity contribution in [1.82, 2.24) is 4.98 Å². The number of nitrogens with one attached hydrogen (secondary N) is 2. The van der Waals surface area contributed by atoms with Gasteiger partial charge in [0.1, 0.15) is 5.82 Å². The molecule has 6 N–H and O–H groups in total. The SMILES string of the molecule is Cc1cc(C)cc(Nc2nc(NC3CCOC[C@@H]3N)c(F)cc2C(N)=O)c1. The molecular formula is C19H24FN5O2. The van der Waals surface area contributed by atoms with Gasteiger partial charge in [-0.05, 0) is 49.6 Å². The summed E-state index contributed by atoms with van der Waals surface area (Å²) in [6.07, 6.45) is 0.639. The van der Waals surface area contributed by atoms with Crippen LogP contribution in [0.4, 0.5) is 21.7 Å². The Morgan fingerprint density at radius 3 is 2.56 bits per heavy atom. The molecule has 8 heteroatoms. The Hall–Kier alpha value is -2.71. The summed E-state index contributed by atoms with van der Waals surface area (Å²) >= 11 is 0. The zero-order valence-electron chi connectivity index (χ0n) is 15.4. The number of aryl methyl sites for hydroxylation is 2. The molecule has 2 atom stereocenters. The van der Waals surface area contributed by atoms with Crippen LogP contribution < -0.4 is 22.1 Å². The highest BCUT2D eigenvalue weighted by atomic mass is 19.1. The molecule has 0 bridgehead atoms. The summed E-state index contributed by atoms with van der Waals surface area (Å²) in [7, 11) is 0. The number of aromatic nitrogens is 1. The second kappa shape index (κ2) is 7.89. The van der Waals surface area contributed by atoms with Crippen LogP contribution in [0.3, 0.4) is 0 Å². The van der Waals surface area contributed by atoms with Crippen molar-refractivity contribution >= 4 is 23.2 Å². The molecule has 0 spiro atoms. The second-order valence-corrected chi connectivity index (χ2v) is 6.86. The van der Waals surface area contributed by atoms with Gasteiger partial charge in [0, 0.05) is 24.4 Å². The van der Waals surface area contributed by atoms with Crippen molar-refractivity contribution in [3.63, 3.8) is 0 Å². The number of rotatable bonds is 5. The molecular weight excluding hydrogens is 349 g/mol. The predicted molar refractivity (Wildman–Crippen MR) is 103 cm³/mol. The maximum Gasteiger partial charge on any atom is 0.252 e.